The predicted molar refractivity (Wildman–Crippen MR) is 37.8 cm³/mol. The maximum atomic E-state index is 10.6. The number of ketones is 1. The highest BCUT2D eigenvalue weighted by Crippen LogP contribution is 2.01. The van der Waals surface area contributed by atoms with Crippen LogP contribution in [0.15, 0.2) is 24.7 Å². The summed E-state index contributed by atoms with van der Waals surface area (Å²) in [6, 6.07) is 0. The number of hydrogen-bond acceptors (Lipinski definition) is 3. The molecule has 2 N–H and O–H groups in total. The normalized spacial score (nSPS) is 8.80. The molecule has 0 atom stereocenters. The third-order valence-corrected chi connectivity index (χ3v) is 0.802. The zero-order valence-corrected chi connectivity index (χ0v) is 5.63. The van der Waals surface area contributed by atoms with Crippen molar-refractivity contribution in [2.24, 2.45) is 0 Å². The summed E-state index contributed by atoms with van der Waals surface area (Å²) in [5.41, 5.74) is 0. The van der Waals surface area contributed by atoms with Crippen LogP contribution in [-0.2, 0) is 4.79 Å². The van der Waals surface area contributed by atoms with Crippen LogP contribution in [0.1, 0.15) is 12.8 Å². The van der Waals surface area contributed by atoms with Gasteiger partial charge in [-0.05, 0) is 0 Å². The first-order valence-electron chi connectivity index (χ1n) is 2.77. The van der Waals surface area contributed by atoms with E-state index in [4.69, 9.17) is 10.2 Å². The van der Waals surface area contributed by atoms with Crippen LogP contribution in [0.3, 0.4) is 0 Å². The minimum atomic E-state index is -0.292. The molecule has 0 fully saturated rings. The minimum Gasteiger partial charge on any atom is -0.512 e. The summed E-state index contributed by atoms with van der Waals surface area (Å²) >= 11 is 0. The summed E-state index contributed by atoms with van der Waals surface area (Å²) in [6.07, 6.45) is -0.223. The number of Topliss-reactive ketones (excluding diaryl/α,β-unsaturated/α-hetero) is 1. The molecule has 0 aromatic heterocycles. The summed E-state index contributed by atoms with van der Waals surface area (Å²) in [6.45, 7) is 6.25. The Morgan fingerprint density at radius 1 is 1.10 bits per heavy atom. The molecule has 0 radical (unpaired) electrons. The van der Waals surface area contributed by atoms with Gasteiger partial charge in [-0.3, -0.25) is 4.79 Å². The summed E-state index contributed by atoms with van der Waals surface area (Å²) < 4.78 is 0. The van der Waals surface area contributed by atoms with E-state index in [1.807, 2.05) is 0 Å². The number of aliphatic hydroxyl groups is 2. The molecule has 56 valence electrons. The van der Waals surface area contributed by atoms with Gasteiger partial charge in [-0.15, -0.1) is 0 Å². The SMILES string of the molecule is C=C(O)CC(=O)CC(=C)O. The number of aliphatic hydroxyl groups excluding tert-OH is 2. The first-order valence-corrected chi connectivity index (χ1v) is 2.77. The van der Waals surface area contributed by atoms with Crippen molar-refractivity contribution in [1.29, 1.82) is 0 Å². The van der Waals surface area contributed by atoms with Gasteiger partial charge in [-0.2, -0.15) is 0 Å². The Labute approximate surface area is 59.3 Å². The lowest BCUT2D eigenvalue weighted by atomic mass is 10.2. The molecule has 0 aliphatic rings. The first-order chi connectivity index (χ1) is 4.52. The summed E-state index contributed by atoms with van der Waals surface area (Å²) in [7, 11) is 0. The molecule has 0 amide bonds. The molecule has 3 nitrogen and oxygen atoms in total. The average Bonchev–Trinajstić information content (AvgIpc) is 1.58. The summed E-state index contributed by atoms with van der Waals surface area (Å²) in [5, 5.41) is 17.0. The van der Waals surface area contributed by atoms with E-state index in [1.165, 1.54) is 0 Å². The third kappa shape index (κ3) is 4.90. The molecule has 0 rings (SSSR count). The van der Waals surface area contributed by atoms with Crippen molar-refractivity contribution in [2.75, 3.05) is 0 Å². The van der Waals surface area contributed by atoms with Crippen LogP contribution in [-0.4, -0.2) is 16.0 Å². The molecule has 10 heavy (non-hydrogen) atoms. The summed E-state index contributed by atoms with van der Waals surface area (Å²) in [5.74, 6) is -0.669. The molecule has 0 unspecified atom stereocenters. The monoisotopic (exact) mass is 142 g/mol. The maximum Gasteiger partial charge on any atom is 0.147 e. The number of carbonyl (C=O) groups excluding carboxylic acids is 1. The second-order valence-corrected chi connectivity index (χ2v) is 2.02. The first kappa shape index (κ1) is 8.75. The van der Waals surface area contributed by atoms with Gasteiger partial charge in [0.1, 0.15) is 5.78 Å². The third-order valence-electron chi connectivity index (χ3n) is 0.802. The van der Waals surface area contributed by atoms with Gasteiger partial charge >= 0.3 is 0 Å². The number of allylic oxidation sites excluding steroid dienone is 2. The molecule has 3 heteroatoms. The van der Waals surface area contributed by atoms with Gasteiger partial charge in [0, 0.05) is 0 Å². The van der Waals surface area contributed by atoms with Crippen molar-refractivity contribution < 1.29 is 15.0 Å². The largest absolute Gasteiger partial charge is 0.512 e. The number of hydrogen-bond donors (Lipinski definition) is 2. The highest BCUT2D eigenvalue weighted by atomic mass is 16.3. The Morgan fingerprint density at radius 3 is 1.60 bits per heavy atom. The van der Waals surface area contributed by atoms with E-state index < -0.39 is 0 Å². The van der Waals surface area contributed by atoms with E-state index in [2.05, 4.69) is 13.2 Å². The van der Waals surface area contributed by atoms with Gasteiger partial charge < -0.3 is 10.2 Å². The van der Waals surface area contributed by atoms with E-state index >= 15 is 0 Å². The average molecular weight is 142 g/mol. The second-order valence-electron chi connectivity index (χ2n) is 2.02. The Bertz CT molecular complexity index is 152. The molecule has 0 aromatic rings. The quantitative estimate of drug-likeness (QED) is 0.584. The van der Waals surface area contributed by atoms with E-state index in [-0.39, 0.29) is 30.1 Å². The highest BCUT2D eigenvalue weighted by molar-refractivity contribution is 5.81. The lowest BCUT2D eigenvalue weighted by Crippen LogP contribution is -1.99. The van der Waals surface area contributed by atoms with Gasteiger partial charge in [-0.1, -0.05) is 13.2 Å². The van der Waals surface area contributed by atoms with Crippen LogP contribution < -0.4 is 0 Å². The van der Waals surface area contributed by atoms with Gasteiger partial charge in [0.15, 0.2) is 0 Å². The number of rotatable bonds is 4. The maximum absolute atomic E-state index is 10.6. The second kappa shape index (κ2) is 3.71. The molecule has 0 heterocycles. The molecule has 0 saturated heterocycles. The van der Waals surface area contributed by atoms with Gasteiger partial charge in [-0.25, -0.2) is 0 Å². The fourth-order valence-electron chi connectivity index (χ4n) is 0.518. The van der Waals surface area contributed by atoms with E-state index in [0.717, 1.165) is 0 Å². The lowest BCUT2D eigenvalue weighted by molar-refractivity contribution is -0.118. The van der Waals surface area contributed by atoms with Crippen molar-refractivity contribution in [3.63, 3.8) is 0 Å². The Hall–Kier alpha value is -1.25. The molecular formula is C7H10O3. The smallest absolute Gasteiger partial charge is 0.147 e. The zero-order valence-electron chi connectivity index (χ0n) is 5.63. The summed E-state index contributed by atoms with van der Waals surface area (Å²) in [4.78, 5) is 10.6. The molecule has 0 aliphatic carbocycles. The lowest BCUT2D eigenvalue weighted by Gasteiger charge is -1.96. The van der Waals surface area contributed by atoms with E-state index in [0.29, 0.717) is 0 Å². The van der Waals surface area contributed by atoms with Crippen LogP contribution in [0.25, 0.3) is 0 Å². The fraction of sp³-hybridized carbons (Fsp3) is 0.286. The minimum absolute atomic E-state index is 0.112. The van der Waals surface area contributed by atoms with Crippen molar-refractivity contribution in [3.05, 3.63) is 24.7 Å². The molecule has 0 aliphatic heterocycles. The van der Waals surface area contributed by atoms with Crippen molar-refractivity contribution in [3.8, 4) is 0 Å². The molecule has 0 bridgehead atoms. The highest BCUT2D eigenvalue weighted by Gasteiger charge is 2.03. The standard InChI is InChI=1S/C7H10O3/c1-5(8)3-7(10)4-6(2)9/h8-9H,1-4H2. The van der Waals surface area contributed by atoms with E-state index in [9.17, 15) is 4.79 Å². The van der Waals surface area contributed by atoms with Crippen LogP contribution in [0, 0.1) is 0 Å². The van der Waals surface area contributed by atoms with Gasteiger partial charge in [0.05, 0.1) is 24.4 Å². The van der Waals surface area contributed by atoms with Gasteiger partial charge in [0.25, 0.3) is 0 Å². The topological polar surface area (TPSA) is 57.5 Å². The van der Waals surface area contributed by atoms with Crippen LogP contribution in [0.4, 0.5) is 0 Å². The molecule has 0 spiro atoms. The van der Waals surface area contributed by atoms with Crippen molar-refractivity contribution in [1.82, 2.24) is 0 Å². The van der Waals surface area contributed by atoms with Crippen molar-refractivity contribution >= 4 is 5.78 Å². The Morgan fingerprint density at radius 2 is 1.40 bits per heavy atom. The van der Waals surface area contributed by atoms with Crippen LogP contribution in [0.5, 0.6) is 0 Å². The number of carbonyl (C=O) groups is 1. The Balaban J connectivity index is 3.65. The Kier molecular flexibility index (Phi) is 3.25. The molecule has 0 saturated carbocycles. The molecule has 0 aromatic carbocycles. The predicted octanol–water partition coefficient (Wildman–Crippen LogP) is 1.48. The van der Waals surface area contributed by atoms with Crippen LogP contribution in [0.2, 0.25) is 0 Å². The van der Waals surface area contributed by atoms with E-state index in [1.54, 1.807) is 0 Å². The van der Waals surface area contributed by atoms with Crippen LogP contribution >= 0.6 is 0 Å². The fourth-order valence-corrected chi connectivity index (χ4v) is 0.518. The van der Waals surface area contributed by atoms with Gasteiger partial charge in [0.2, 0.25) is 0 Å². The zero-order chi connectivity index (χ0) is 8.15. The van der Waals surface area contributed by atoms with Crippen molar-refractivity contribution in [2.45, 2.75) is 12.8 Å². The molecular weight excluding hydrogens is 132 g/mol.